The molecule has 0 unspecified atom stereocenters. The molecule has 0 radical (unpaired) electrons. The van der Waals surface area contributed by atoms with Crippen LogP contribution in [0, 0.1) is 0 Å². The van der Waals surface area contributed by atoms with Gasteiger partial charge in [-0.1, -0.05) is 24.3 Å². The average molecular weight is 622 g/mol. The number of benzene rings is 2. The molecule has 11 nitrogen and oxygen atoms in total. The molecule has 1 heterocycles. The second kappa shape index (κ2) is 12.7. The number of hydrogen-bond acceptors (Lipinski definition) is 9. The number of sulfonamides is 1. The molecule has 3 N–H and O–H groups in total. The number of methoxy groups -OCH3 is 1. The van der Waals surface area contributed by atoms with Crippen LogP contribution in [0.4, 0.5) is 30.6 Å². The van der Waals surface area contributed by atoms with Gasteiger partial charge in [-0.05, 0) is 49.8 Å². The van der Waals surface area contributed by atoms with Crippen LogP contribution in [0.25, 0.3) is 0 Å². The zero-order valence-corrected chi connectivity index (χ0v) is 25.2. The predicted octanol–water partition coefficient (Wildman–Crippen LogP) is 3.51. The fourth-order valence-electron chi connectivity index (χ4n) is 4.85. The molecule has 2 aromatic carbocycles. The topological polar surface area (TPSA) is 129 Å². The van der Waals surface area contributed by atoms with Gasteiger partial charge in [-0.25, -0.2) is 13.4 Å². The molecule has 0 bridgehead atoms. The Morgan fingerprint density at radius 1 is 1.14 bits per heavy atom. The first-order chi connectivity index (χ1) is 20.2. The molecule has 43 heavy (non-hydrogen) atoms. The Kier molecular flexibility index (Phi) is 9.47. The zero-order chi connectivity index (χ0) is 31.5. The Morgan fingerprint density at radius 2 is 1.86 bits per heavy atom. The summed E-state index contributed by atoms with van der Waals surface area (Å²) >= 11 is 0. The minimum absolute atomic E-state index is 0.166. The molecule has 232 valence electrons. The van der Waals surface area contributed by atoms with Gasteiger partial charge in [0.1, 0.15) is 17.1 Å². The summed E-state index contributed by atoms with van der Waals surface area (Å²) in [5, 5.41) is 8.54. The van der Waals surface area contributed by atoms with Crippen LogP contribution in [0.15, 0.2) is 48.7 Å². The fourth-order valence-corrected chi connectivity index (χ4v) is 5.52. The highest BCUT2D eigenvalue weighted by Gasteiger charge is 2.41. The number of likely N-dealkylation sites (N-methyl/N-ethyl adjacent to an activating group) is 2. The van der Waals surface area contributed by atoms with Crippen molar-refractivity contribution >= 4 is 33.4 Å². The maximum atomic E-state index is 14.1. The average Bonchev–Trinajstić information content (AvgIpc) is 3.29. The van der Waals surface area contributed by atoms with Crippen molar-refractivity contribution in [1.82, 2.24) is 24.5 Å². The van der Waals surface area contributed by atoms with E-state index in [2.05, 4.69) is 25.9 Å². The number of carbonyl (C=O) groups excluding carboxylic acids is 1. The van der Waals surface area contributed by atoms with Crippen LogP contribution in [0.5, 0.6) is 5.75 Å². The van der Waals surface area contributed by atoms with Crippen LogP contribution in [-0.2, 0) is 22.6 Å². The Bertz CT molecular complexity index is 1580. The normalized spacial score (nSPS) is 16.7. The third-order valence-electron chi connectivity index (χ3n) is 7.08. The maximum Gasteiger partial charge on any atom is 0.421 e. The number of amides is 1. The van der Waals surface area contributed by atoms with E-state index in [0.717, 1.165) is 16.1 Å². The minimum atomic E-state index is -4.79. The maximum absolute atomic E-state index is 14.1. The summed E-state index contributed by atoms with van der Waals surface area (Å²) in [6.07, 6.45) is -2.81. The number of ether oxygens (including phenoxy) is 1. The number of anilines is 3. The summed E-state index contributed by atoms with van der Waals surface area (Å²) in [6, 6.07) is 10.2. The zero-order valence-electron chi connectivity index (χ0n) is 24.4. The molecule has 2 atom stereocenters. The molecule has 0 spiro atoms. The molecule has 1 aliphatic carbocycles. The molecule has 1 aromatic heterocycles. The van der Waals surface area contributed by atoms with Crippen molar-refractivity contribution < 1.29 is 31.1 Å². The lowest BCUT2D eigenvalue weighted by molar-refractivity contribution is -0.137. The summed E-state index contributed by atoms with van der Waals surface area (Å²) in [4.78, 5) is 22.5. The predicted molar refractivity (Wildman–Crippen MR) is 157 cm³/mol. The highest BCUT2D eigenvalue weighted by molar-refractivity contribution is 7.88. The van der Waals surface area contributed by atoms with E-state index < -0.39 is 39.7 Å². The molecular formula is C28H34F3N7O4S. The van der Waals surface area contributed by atoms with Gasteiger partial charge in [0.05, 0.1) is 31.1 Å². The monoisotopic (exact) mass is 621 g/mol. The third-order valence-corrected chi connectivity index (χ3v) is 8.35. The summed E-state index contributed by atoms with van der Waals surface area (Å²) in [5.41, 5.74) is 1.06. The number of nitrogens with one attached hydrogen (secondary N) is 3. The van der Waals surface area contributed by atoms with Gasteiger partial charge >= 0.3 is 6.18 Å². The number of rotatable bonds is 11. The Morgan fingerprint density at radius 3 is 2.51 bits per heavy atom. The number of alkyl halides is 3. The van der Waals surface area contributed by atoms with E-state index in [4.69, 9.17) is 4.74 Å². The number of halogens is 3. The van der Waals surface area contributed by atoms with E-state index in [9.17, 15) is 26.4 Å². The first-order valence-corrected chi connectivity index (χ1v) is 15.1. The van der Waals surface area contributed by atoms with Crippen molar-refractivity contribution in [3.8, 4) is 5.75 Å². The number of carbonyl (C=O) groups is 1. The largest absolute Gasteiger partial charge is 0.495 e. The summed E-state index contributed by atoms with van der Waals surface area (Å²) in [7, 11) is 2.88. The summed E-state index contributed by atoms with van der Waals surface area (Å²) in [6.45, 7) is 1.10. The van der Waals surface area contributed by atoms with Crippen molar-refractivity contribution in [2.45, 2.75) is 24.7 Å². The first kappa shape index (κ1) is 32.0. The molecule has 4 rings (SSSR count). The quantitative estimate of drug-likeness (QED) is 0.295. The molecule has 1 amide bonds. The van der Waals surface area contributed by atoms with Crippen LogP contribution in [-0.4, -0.2) is 87.1 Å². The Hall–Kier alpha value is -3.95. The van der Waals surface area contributed by atoms with Crippen LogP contribution >= 0.6 is 0 Å². The Balaban J connectivity index is 1.63. The second-order valence-corrected chi connectivity index (χ2v) is 12.5. The van der Waals surface area contributed by atoms with Crippen molar-refractivity contribution in [2.75, 3.05) is 58.2 Å². The van der Waals surface area contributed by atoms with Crippen LogP contribution < -0.4 is 20.7 Å². The van der Waals surface area contributed by atoms with Gasteiger partial charge in [0.25, 0.3) is 5.91 Å². The standard InChI is InChI=1S/C28H34F3N7O4S/c1-37(2)13-12-32-26(39)18-10-11-21(23(15-18)42-4)35-27-33-16-20(28(29,30)31)25(36-27)34-22-14-17-8-6-7-9-19(17)24(22)38(3)43(5,40)41/h6-11,15-16,22,24H,12-14H2,1-5H3,(H,32,39)(H2,33,34,35,36)/t22-,24-/m1/s1. The Labute approximate surface area is 248 Å². The van der Waals surface area contributed by atoms with Gasteiger partial charge in [0.2, 0.25) is 16.0 Å². The number of fused-ring (bicyclic) bond motifs is 1. The highest BCUT2D eigenvalue weighted by atomic mass is 32.2. The molecule has 0 fully saturated rings. The van der Waals surface area contributed by atoms with E-state index in [1.807, 2.05) is 25.1 Å². The van der Waals surface area contributed by atoms with Gasteiger partial charge in [0.15, 0.2) is 0 Å². The van der Waals surface area contributed by atoms with Gasteiger partial charge < -0.3 is 25.6 Å². The van der Waals surface area contributed by atoms with Crippen LogP contribution in [0.1, 0.15) is 33.1 Å². The molecule has 0 saturated heterocycles. The van der Waals surface area contributed by atoms with Gasteiger partial charge in [-0.15, -0.1) is 0 Å². The molecular weight excluding hydrogens is 587 g/mol. The first-order valence-electron chi connectivity index (χ1n) is 13.3. The lowest BCUT2D eigenvalue weighted by atomic mass is 10.1. The number of nitrogens with zero attached hydrogens (tertiary/aromatic N) is 4. The third kappa shape index (κ3) is 7.53. The van der Waals surface area contributed by atoms with E-state index in [-0.39, 0.29) is 24.0 Å². The van der Waals surface area contributed by atoms with Crippen molar-refractivity contribution in [2.24, 2.45) is 0 Å². The van der Waals surface area contributed by atoms with Crippen LogP contribution in [0.3, 0.4) is 0 Å². The summed E-state index contributed by atoms with van der Waals surface area (Å²) in [5.74, 6) is -0.736. The SMILES string of the molecule is COc1cc(C(=O)NCCN(C)C)ccc1Nc1ncc(C(F)(F)F)c(N[C@@H]2Cc3ccccc3[C@H]2N(C)S(C)(=O)=O)n1. The van der Waals surface area contributed by atoms with Crippen molar-refractivity contribution in [3.05, 3.63) is 70.9 Å². The highest BCUT2D eigenvalue weighted by Crippen LogP contribution is 2.40. The molecule has 3 aromatic rings. The van der Waals surface area contributed by atoms with Gasteiger partial charge in [-0.2, -0.15) is 22.5 Å². The molecule has 0 saturated carbocycles. The van der Waals surface area contributed by atoms with E-state index in [1.165, 1.54) is 20.2 Å². The molecule has 0 aliphatic heterocycles. The van der Waals surface area contributed by atoms with Gasteiger partial charge in [0, 0.05) is 31.9 Å². The van der Waals surface area contributed by atoms with E-state index in [0.29, 0.717) is 36.1 Å². The minimum Gasteiger partial charge on any atom is -0.495 e. The van der Waals surface area contributed by atoms with Crippen molar-refractivity contribution in [3.63, 3.8) is 0 Å². The smallest absolute Gasteiger partial charge is 0.421 e. The summed E-state index contributed by atoms with van der Waals surface area (Å²) < 4.78 is 73.6. The lowest BCUT2D eigenvalue weighted by Gasteiger charge is -2.30. The fraction of sp³-hybridized carbons (Fsp3) is 0.393. The van der Waals surface area contributed by atoms with Gasteiger partial charge in [-0.3, -0.25) is 4.79 Å². The van der Waals surface area contributed by atoms with Crippen LogP contribution in [0.2, 0.25) is 0 Å². The lowest BCUT2D eigenvalue weighted by Crippen LogP contribution is -2.39. The molecule has 15 heteroatoms. The number of hydrogen-bond donors (Lipinski definition) is 3. The number of aromatic nitrogens is 2. The van der Waals surface area contributed by atoms with E-state index >= 15 is 0 Å². The second-order valence-electron chi connectivity index (χ2n) is 10.4. The molecule has 1 aliphatic rings. The van der Waals surface area contributed by atoms with Crippen molar-refractivity contribution in [1.29, 1.82) is 0 Å². The van der Waals surface area contributed by atoms with E-state index in [1.54, 1.807) is 30.3 Å².